The van der Waals surface area contributed by atoms with Crippen LogP contribution in [0.4, 0.5) is 0 Å². The van der Waals surface area contributed by atoms with Crippen molar-refractivity contribution in [3.05, 3.63) is 6.10 Å². The fourth-order valence-electron chi connectivity index (χ4n) is 0.598. The minimum atomic E-state index is -0.0385. The Labute approximate surface area is 56.1 Å². The number of aliphatic hydroxyl groups is 1. The van der Waals surface area contributed by atoms with Gasteiger partial charge in [-0.1, -0.05) is 19.8 Å². The minimum Gasteiger partial charge on any atom is -0.372 e. The molecule has 51 valence electrons. The van der Waals surface area contributed by atoms with Crippen LogP contribution in [0.5, 0.6) is 0 Å². The van der Waals surface area contributed by atoms with Gasteiger partial charge in [0.1, 0.15) is 6.07 Å². The van der Waals surface area contributed by atoms with Gasteiger partial charge in [0, 0.05) is 0 Å². The van der Waals surface area contributed by atoms with Crippen molar-refractivity contribution in [3.63, 3.8) is 0 Å². The lowest BCUT2D eigenvalue weighted by atomic mass is 10.1. The number of rotatable bonds is 4. The highest BCUT2D eigenvalue weighted by molar-refractivity contribution is 4.99. The summed E-state index contributed by atoms with van der Waals surface area (Å²) in [5.74, 6) is 0. The second kappa shape index (κ2) is 5.58. The average molecular weight is 126 g/mol. The highest BCUT2D eigenvalue weighted by atomic mass is 16.3. The zero-order valence-electron chi connectivity index (χ0n) is 5.72. The molecule has 1 N–H and O–H groups in total. The molecule has 0 aliphatic heterocycles. The maximum absolute atomic E-state index is 8.64. The zero-order chi connectivity index (χ0) is 7.11. The summed E-state index contributed by atoms with van der Waals surface area (Å²) in [6.45, 7) is 2.09. The van der Waals surface area contributed by atoms with E-state index in [-0.39, 0.29) is 6.10 Å². The van der Waals surface area contributed by atoms with E-state index in [1.165, 1.54) is 0 Å². The van der Waals surface area contributed by atoms with E-state index >= 15 is 0 Å². The molecule has 2 nitrogen and oxygen atoms in total. The van der Waals surface area contributed by atoms with Crippen molar-refractivity contribution in [1.29, 1.82) is 5.26 Å². The number of hydrogen-bond donors (Lipinski definition) is 1. The van der Waals surface area contributed by atoms with Gasteiger partial charge in [-0.05, 0) is 12.8 Å². The topological polar surface area (TPSA) is 44.0 Å². The molecule has 2 heteroatoms. The Morgan fingerprint density at radius 2 is 2.22 bits per heavy atom. The molecule has 0 aromatic heterocycles. The zero-order valence-corrected chi connectivity index (χ0v) is 5.72. The van der Waals surface area contributed by atoms with Crippen molar-refractivity contribution in [2.24, 2.45) is 0 Å². The van der Waals surface area contributed by atoms with Gasteiger partial charge in [-0.25, -0.2) is 0 Å². The predicted molar refractivity (Wildman–Crippen MR) is 34.9 cm³/mol. The quantitative estimate of drug-likeness (QED) is 0.462. The molecule has 0 rings (SSSR count). The Bertz CT molecular complexity index is 95.6. The summed E-state index contributed by atoms with van der Waals surface area (Å²) in [5, 5.41) is 16.7. The fraction of sp³-hybridized carbons (Fsp3) is 0.714. The second-order valence-corrected chi connectivity index (χ2v) is 2.02. The average Bonchev–Trinajstić information content (AvgIpc) is 1.89. The maximum atomic E-state index is 8.64. The molecule has 0 amide bonds. The van der Waals surface area contributed by atoms with Crippen LogP contribution >= 0.6 is 0 Å². The van der Waals surface area contributed by atoms with Crippen LogP contribution in [0.15, 0.2) is 0 Å². The Hall–Kier alpha value is -0.550. The van der Waals surface area contributed by atoms with Crippen LogP contribution in [0.3, 0.4) is 0 Å². The van der Waals surface area contributed by atoms with E-state index in [1.807, 2.05) is 0 Å². The third kappa shape index (κ3) is 5.32. The highest BCUT2D eigenvalue weighted by Crippen LogP contribution is 2.06. The van der Waals surface area contributed by atoms with Gasteiger partial charge < -0.3 is 5.11 Å². The molecule has 0 saturated carbocycles. The summed E-state index contributed by atoms with van der Waals surface area (Å²) in [7, 11) is 0. The summed E-state index contributed by atoms with van der Waals surface area (Å²) in [6, 6.07) is 1.70. The molecular weight excluding hydrogens is 114 g/mol. The van der Waals surface area contributed by atoms with Gasteiger partial charge in [0.05, 0.1) is 0 Å². The first-order valence-electron chi connectivity index (χ1n) is 3.26. The van der Waals surface area contributed by atoms with Crippen molar-refractivity contribution in [3.8, 4) is 6.07 Å². The van der Waals surface area contributed by atoms with Crippen molar-refractivity contribution < 1.29 is 5.11 Å². The van der Waals surface area contributed by atoms with E-state index in [1.54, 1.807) is 6.07 Å². The summed E-state index contributed by atoms with van der Waals surface area (Å²) in [6.07, 6.45) is 3.65. The Morgan fingerprint density at radius 1 is 1.56 bits per heavy atom. The van der Waals surface area contributed by atoms with Crippen LogP contribution < -0.4 is 0 Å². The molecule has 0 heterocycles. The Kier molecular flexibility index (Phi) is 5.24. The monoisotopic (exact) mass is 126 g/mol. The molecule has 0 atom stereocenters. The van der Waals surface area contributed by atoms with E-state index in [4.69, 9.17) is 10.4 Å². The van der Waals surface area contributed by atoms with Crippen molar-refractivity contribution >= 4 is 0 Å². The summed E-state index contributed by atoms with van der Waals surface area (Å²) >= 11 is 0. The maximum Gasteiger partial charge on any atom is 0.193 e. The second-order valence-electron chi connectivity index (χ2n) is 2.02. The summed E-state index contributed by atoms with van der Waals surface area (Å²) in [5.41, 5.74) is 0. The number of nitriles is 1. The van der Waals surface area contributed by atoms with Crippen LogP contribution in [0.1, 0.15) is 32.6 Å². The highest BCUT2D eigenvalue weighted by Gasteiger charge is 2.00. The molecule has 0 unspecified atom stereocenters. The van der Waals surface area contributed by atoms with Crippen LogP contribution in [-0.4, -0.2) is 5.11 Å². The van der Waals surface area contributed by atoms with E-state index in [0.717, 1.165) is 19.3 Å². The molecule has 1 radical (unpaired) electrons. The van der Waals surface area contributed by atoms with E-state index in [0.29, 0.717) is 6.42 Å². The lowest BCUT2D eigenvalue weighted by Gasteiger charge is -1.96. The normalized spacial score (nSPS) is 9.56. The Morgan fingerprint density at radius 3 is 2.67 bits per heavy atom. The third-order valence-electron chi connectivity index (χ3n) is 1.15. The number of aliphatic hydroxyl groups excluding tert-OH is 1. The molecule has 0 aromatic carbocycles. The fourth-order valence-corrected chi connectivity index (χ4v) is 0.598. The molecule has 9 heavy (non-hydrogen) atoms. The van der Waals surface area contributed by atoms with E-state index < -0.39 is 0 Å². The molecular formula is C7H12NO. The van der Waals surface area contributed by atoms with E-state index in [2.05, 4.69) is 6.92 Å². The van der Waals surface area contributed by atoms with Crippen LogP contribution in [-0.2, 0) is 0 Å². The van der Waals surface area contributed by atoms with Crippen molar-refractivity contribution in [2.45, 2.75) is 32.6 Å². The first-order valence-corrected chi connectivity index (χ1v) is 3.26. The van der Waals surface area contributed by atoms with E-state index in [9.17, 15) is 0 Å². The predicted octanol–water partition coefficient (Wildman–Crippen LogP) is 1.99. The number of unbranched alkanes of at least 4 members (excludes halogenated alkanes) is 2. The lowest BCUT2D eigenvalue weighted by Crippen LogP contribution is -1.90. The Balaban J connectivity index is 2.99. The summed E-state index contributed by atoms with van der Waals surface area (Å²) in [4.78, 5) is 0. The first-order chi connectivity index (χ1) is 4.31. The van der Waals surface area contributed by atoms with Gasteiger partial charge in [-0.2, -0.15) is 5.26 Å². The van der Waals surface area contributed by atoms with Crippen LogP contribution in [0.2, 0.25) is 0 Å². The minimum absolute atomic E-state index is 0.0385. The summed E-state index contributed by atoms with van der Waals surface area (Å²) < 4.78 is 0. The number of nitrogens with zero attached hydrogens (tertiary/aromatic N) is 1. The van der Waals surface area contributed by atoms with Gasteiger partial charge in [0.25, 0.3) is 0 Å². The SMILES string of the molecule is CCCCC[C](O)C#N. The van der Waals surface area contributed by atoms with Gasteiger partial charge in [-0.15, -0.1) is 0 Å². The molecule has 0 spiro atoms. The molecule has 0 aliphatic rings. The smallest absolute Gasteiger partial charge is 0.193 e. The molecule has 0 aliphatic carbocycles. The number of hydrogen-bond acceptors (Lipinski definition) is 2. The standard InChI is InChI=1S/C7H12NO/c1-2-3-4-5-7(9)6-8/h9H,2-5H2,1H3. The largest absolute Gasteiger partial charge is 0.372 e. The van der Waals surface area contributed by atoms with Gasteiger partial charge in [-0.3, -0.25) is 0 Å². The van der Waals surface area contributed by atoms with Crippen LogP contribution in [0.25, 0.3) is 0 Å². The van der Waals surface area contributed by atoms with Gasteiger partial charge in [0.15, 0.2) is 6.10 Å². The van der Waals surface area contributed by atoms with Gasteiger partial charge >= 0.3 is 0 Å². The molecule has 0 aromatic rings. The van der Waals surface area contributed by atoms with Crippen molar-refractivity contribution in [2.75, 3.05) is 0 Å². The van der Waals surface area contributed by atoms with Crippen molar-refractivity contribution in [1.82, 2.24) is 0 Å². The third-order valence-corrected chi connectivity index (χ3v) is 1.15. The molecule has 0 saturated heterocycles. The lowest BCUT2D eigenvalue weighted by molar-refractivity contribution is 0.319. The van der Waals surface area contributed by atoms with Gasteiger partial charge in [0.2, 0.25) is 0 Å². The first kappa shape index (κ1) is 8.45. The molecule has 0 bridgehead atoms. The molecule has 0 fully saturated rings. The van der Waals surface area contributed by atoms with Crippen LogP contribution in [0, 0.1) is 17.4 Å².